The highest BCUT2D eigenvalue weighted by molar-refractivity contribution is 7.92. The molecule has 3 rings (SSSR count). The van der Waals surface area contributed by atoms with Crippen molar-refractivity contribution in [2.45, 2.75) is 13.5 Å². The molecule has 0 saturated heterocycles. The molecule has 3 aromatic carbocycles. The standard InChI is InChI=1S/C21H22N2O4S/c1-14-8-9-16(12-19(14)23-28(3,25)26)21(24)22-13-18-17-7-5-4-6-15(17)10-11-20(18)27-2/h4-12,23H,13H2,1-3H3,(H,22,24). The number of rotatable bonds is 6. The van der Waals surface area contributed by atoms with Gasteiger partial charge in [-0.2, -0.15) is 0 Å². The Labute approximate surface area is 164 Å². The quantitative estimate of drug-likeness (QED) is 0.666. The predicted molar refractivity (Wildman–Crippen MR) is 111 cm³/mol. The van der Waals surface area contributed by atoms with Gasteiger partial charge in [-0.25, -0.2) is 8.42 Å². The van der Waals surface area contributed by atoms with Gasteiger partial charge in [0, 0.05) is 17.7 Å². The first-order chi connectivity index (χ1) is 13.3. The van der Waals surface area contributed by atoms with E-state index in [1.807, 2.05) is 36.4 Å². The predicted octanol–water partition coefficient (Wildman–Crippen LogP) is 3.46. The fourth-order valence-electron chi connectivity index (χ4n) is 3.03. The first-order valence-corrected chi connectivity index (χ1v) is 10.6. The highest BCUT2D eigenvalue weighted by atomic mass is 32.2. The van der Waals surface area contributed by atoms with Crippen molar-refractivity contribution in [3.8, 4) is 5.75 Å². The third-order valence-corrected chi connectivity index (χ3v) is 5.03. The summed E-state index contributed by atoms with van der Waals surface area (Å²) in [5, 5.41) is 4.96. The number of carbonyl (C=O) groups is 1. The normalized spacial score (nSPS) is 11.2. The summed E-state index contributed by atoms with van der Waals surface area (Å²) < 4.78 is 30.9. The van der Waals surface area contributed by atoms with Crippen molar-refractivity contribution in [2.24, 2.45) is 0 Å². The van der Waals surface area contributed by atoms with E-state index < -0.39 is 10.0 Å². The zero-order valence-corrected chi connectivity index (χ0v) is 16.8. The van der Waals surface area contributed by atoms with Crippen LogP contribution in [0.25, 0.3) is 10.8 Å². The second-order valence-corrected chi connectivity index (χ2v) is 8.30. The van der Waals surface area contributed by atoms with Gasteiger partial charge in [0.2, 0.25) is 10.0 Å². The van der Waals surface area contributed by atoms with Crippen molar-refractivity contribution >= 4 is 32.4 Å². The molecule has 0 saturated carbocycles. The Balaban J connectivity index is 1.85. The lowest BCUT2D eigenvalue weighted by atomic mass is 10.0. The lowest BCUT2D eigenvalue weighted by Gasteiger charge is -2.14. The first-order valence-electron chi connectivity index (χ1n) is 8.70. The number of nitrogens with one attached hydrogen (secondary N) is 2. The van der Waals surface area contributed by atoms with Crippen LogP contribution in [0.1, 0.15) is 21.5 Å². The van der Waals surface area contributed by atoms with Gasteiger partial charge in [-0.1, -0.05) is 36.4 Å². The molecule has 3 aromatic rings. The molecule has 0 heterocycles. The van der Waals surface area contributed by atoms with Crippen molar-refractivity contribution in [3.63, 3.8) is 0 Å². The van der Waals surface area contributed by atoms with Crippen LogP contribution in [0.3, 0.4) is 0 Å². The molecule has 0 fully saturated rings. The van der Waals surface area contributed by atoms with E-state index in [2.05, 4.69) is 10.0 Å². The molecule has 0 bridgehead atoms. The molecule has 0 radical (unpaired) electrons. The third kappa shape index (κ3) is 4.43. The molecule has 0 aliphatic rings. The Morgan fingerprint density at radius 1 is 1.07 bits per heavy atom. The van der Waals surface area contributed by atoms with Crippen LogP contribution >= 0.6 is 0 Å². The summed E-state index contributed by atoms with van der Waals surface area (Å²) >= 11 is 0. The summed E-state index contributed by atoms with van der Waals surface area (Å²) in [6, 6.07) is 16.6. The van der Waals surface area contributed by atoms with Gasteiger partial charge < -0.3 is 10.1 Å². The van der Waals surface area contributed by atoms with Crippen molar-refractivity contribution < 1.29 is 17.9 Å². The Bertz CT molecular complexity index is 1140. The number of ether oxygens (including phenoxy) is 1. The fourth-order valence-corrected chi connectivity index (χ4v) is 3.65. The van der Waals surface area contributed by atoms with Crippen molar-refractivity contribution in [2.75, 3.05) is 18.1 Å². The van der Waals surface area contributed by atoms with Crippen LogP contribution in [0.5, 0.6) is 5.75 Å². The molecule has 0 aliphatic carbocycles. The molecule has 2 N–H and O–H groups in total. The van der Waals surface area contributed by atoms with E-state index in [4.69, 9.17) is 4.74 Å². The van der Waals surface area contributed by atoms with Gasteiger partial charge in [-0.05, 0) is 41.5 Å². The minimum Gasteiger partial charge on any atom is -0.496 e. The van der Waals surface area contributed by atoms with E-state index in [1.165, 1.54) is 6.07 Å². The maximum atomic E-state index is 12.7. The van der Waals surface area contributed by atoms with Crippen LogP contribution in [0.4, 0.5) is 5.69 Å². The van der Waals surface area contributed by atoms with Crippen LogP contribution < -0.4 is 14.8 Å². The topological polar surface area (TPSA) is 84.5 Å². The van der Waals surface area contributed by atoms with Crippen molar-refractivity contribution in [1.29, 1.82) is 0 Å². The number of aryl methyl sites for hydroxylation is 1. The van der Waals surface area contributed by atoms with Gasteiger partial charge in [0.25, 0.3) is 5.91 Å². The van der Waals surface area contributed by atoms with Crippen LogP contribution in [0, 0.1) is 6.92 Å². The number of carbonyl (C=O) groups excluding carboxylic acids is 1. The number of anilines is 1. The van der Waals surface area contributed by atoms with Crippen LogP contribution in [-0.4, -0.2) is 27.7 Å². The molecule has 146 valence electrons. The minimum absolute atomic E-state index is 0.284. The molecule has 1 amide bonds. The first kappa shape index (κ1) is 19.7. The van der Waals surface area contributed by atoms with Gasteiger partial charge in [-0.15, -0.1) is 0 Å². The summed E-state index contributed by atoms with van der Waals surface area (Å²) in [6.45, 7) is 2.06. The summed E-state index contributed by atoms with van der Waals surface area (Å²) in [7, 11) is -1.83. The average molecular weight is 398 g/mol. The van der Waals surface area contributed by atoms with Crippen LogP contribution in [0.2, 0.25) is 0 Å². The summed E-state index contributed by atoms with van der Waals surface area (Å²) in [5.74, 6) is 0.397. The van der Waals surface area contributed by atoms with Gasteiger partial charge in [-0.3, -0.25) is 9.52 Å². The van der Waals surface area contributed by atoms with E-state index in [1.54, 1.807) is 26.2 Å². The summed E-state index contributed by atoms with van der Waals surface area (Å²) in [6.07, 6.45) is 1.08. The Morgan fingerprint density at radius 2 is 1.82 bits per heavy atom. The van der Waals surface area contributed by atoms with Crippen molar-refractivity contribution in [1.82, 2.24) is 5.32 Å². The van der Waals surface area contributed by atoms with Gasteiger partial charge in [0.15, 0.2) is 0 Å². The van der Waals surface area contributed by atoms with Gasteiger partial charge in [0.05, 0.1) is 19.1 Å². The zero-order chi connectivity index (χ0) is 20.3. The molecule has 0 spiro atoms. The van der Waals surface area contributed by atoms with Crippen LogP contribution in [0.15, 0.2) is 54.6 Å². The van der Waals surface area contributed by atoms with E-state index in [-0.39, 0.29) is 12.5 Å². The lowest BCUT2D eigenvalue weighted by molar-refractivity contribution is 0.0951. The largest absolute Gasteiger partial charge is 0.496 e. The lowest BCUT2D eigenvalue weighted by Crippen LogP contribution is -2.23. The molecule has 6 nitrogen and oxygen atoms in total. The number of amides is 1. The molecule has 0 atom stereocenters. The van der Waals surface area contributed by atoms with E-state index in [9.17, 15) is 13.2 Å². The monoisotopic (exact) mass is 398 g/mol. The number of hydrogen-bond acceptors (Lipinski definition) is 4. The maximum Gasteiger partial charge on any atom is 0.251 e. The summed E-state index contributed by atoms with van der Waals surface area (Å²) in [4.78, 5) is 12.7. The third-order valence-electron chi connectivity index (χ3n) is 4.44. The number of methoxy groups -OCH3 is 1. The van der Waals surface area contributed by atoms with E-state index in [0.717, 1.165) is 28.2 Å². The smallest absolute Gasteiger partial charge is 0.251 e. The maximum absolute atomic E-state index is 12.7. The molecule has 7 heteroatoms. The van der Waals surface area contributed by atoms with E-state index >= 15 is 0 Å². The van der Waals surface area contributed by atoms with Gasteiger partial charge >= 0.3 is 0 Å². The van der Waals surface area contributed by atoms with Gasteiger partial charge in [0.1, 0.15) is 5.75 Å². The molecule has 0 aromatic heterocycles. The van der Waals surface area contributed by atoms with E-state index in [0.29, 0.717) is 17.0 Å². The average Bonchev–Trinajstić information content (AvgIpc) is 2.66. The van der Waals surface area contributed by atoms with Crippen LogP contribution in [-0.2, 0) is 16.6 Å². The Hall–Kier alpha value is -3.06. The second kappa shape index (κ2) is 7.90. The molecule has 0 unspecified atom stereocenters. The summed E-state index contributed by atoms with van der Waals surface area (Å²) in [5.41, 5.74) is 2.38. The zero-order valence-electron chi connectivity index (χ0n) is 15.9. The molecule has 28 heavy (non-hydrogen) atoms. The Kier molecular flexibility index (Phi) is 5.56. The second-order valence-electron chi connectivity index (χ2n) is 6.55. The van der Waals surface area contributed by atoms with Crippen molar-refractivity contribution in [3.05, 3.63) is 71.3 Å². The number of sulfonamides is 1. The molecular formula is C21H22N2O4S. The number of benzene rings is 3. The highest BCUT2D eigenvalue weighted by Crippen LogP contribution is 2.28. The highest BCUT2D eigenvalue weighted by Gasteiger charge is 2.13. The fraction of sp³-hybridized carbons (Fsp3) is 0.190. The number of fused-ring (bicyclic) bond motifs is 1. The SMILES string of the molecule is COc1ccc2ccccc2c1CNC(=O)c1ccc(C)c(NS(C)(=O)=O)c1. The molecule has 0 aliphatic heterocycles. The minimum atomic E-state index is -3.43. The molecular weight excluding hydrogens is 376 g/mol. The number of hydrogen-bond donors (Lipinski definition) is 2. The Morgan fingerprint density at radius 3 is 2.54 bits per heavy atom.